The van der Waals surface area contributed by atoms with Gasteiger partial charge in [-0.05, 0) is 32.6 Å². The van der Waals surface area contributed by atoms with E-state index >= 15 is 0 Å². The quantitative estimate of drug-likeness (QED) is 0.671. The number of carbonyl (C=O) groups excluding carboxylic acids is 1. The fraction of sp³-hybridized carbons (Fsp3) is 0.917. The van der Waals surface area contributed by atoms with Gasteiger partial charge < -0.3 is 20.5 Å². The van der Waals surface area contributed by atoms with Crippen molar-refractivity contribution >= 4 is 5.91 Å². The molecule has 2 aliphatic rings. The van der Waals surface area contributed by atoms with E-state index in [1.807, 2.05) is 6.92 Å². The van der Waals surface area contributed by atoms with Crippen molar-refractivity contribution in [3.63, 3.8) is 0 Å². The second kappa shape index (κ2) is 4.55. The largest absolute Gasteiger partial charge is 0.390 e. The highest BCUT2D eigenvalue weighted by molar-refractivity contribution is 5.86. The maximum absolute atomic E-state index is 12.3. The average Bonchev–Trinajstić information content (AvgIpc) is 2.62. The molecule has 2 atom stereocenters. The summed E-state index contributed by atoms with van der Waals surface area (Å²) in [5.74, 6) is -0.0206. The van der Waals surface area contributed by atoms with Crippen LogP contribution in [-0.2, 0) is 9.53 Å². The van der Waals surface area contributed by atoms with Gasteiger partial charge in [-0.2, -0.15) is 0 Å². The number of aliphatic hydroxyl groups is 1. The molecule has 5 nitrogen and oxygen atoms in total. The van der Waals surface area contributed by atoms with Gasteiger partial charge in [0.25, 0.3) is 0 Å². The van der Waals surface area contributed by atoms with Crippen LogP contribution in [0.3, 0.4) is 0 Å². The van der Waals surface area contributed by atoms with Crippen molar-refractivity contribution in [2.24, 2.45) is 5.73 Å². The van der Waals surface area contributed by atoms with E-state index in [9.17, 15) is 9.90 Å². The van der Waals surface area contributed by atoms with E-state index in [0.717, 1.165) is 12.8 Å². The third-order valence-corrected chi connectivity index (χ3v) is 3.83. The van der Waals surface area contributed by atoms with Crippen LogP contribution in [0.5, 0.6) is 0 Å². The molecule has 2 unspecified atom stereocenters. The van der Waals surface area contributed by atoms with Crippen LogP contribution in [0.2, 0.25) is 0 Å². The van der Waals surface area contributed by atoms with Gasteiger partial charge in [0, 0.05) is 19.7 Å². The van der Waals surface area contributed by atoms with Crippen LogP contribution in [0.4, 0.5) is 0 Å². The zero-order valence-electron chi connectivity index (χ0n) is 10.4. The molecular weight excluding hydrogens is 220 g/mol. The van der Waals surface area contributed by atoms with Gasteiger partial charge >= 0.3 is 0 Å². The van der Waals surface area contributed by atoms with Crippen molar-refractivity contribution in [2.45, 2.75) is 43.7 Å². The number of nitrogens with zero attached hydrogens (tertiary/aromatic N) is 1. The van der Waals surface area contributed by atoms with Gasteiger partial charge in [0.2, 0.25) is 5.91 Å². The molecule has 98 valence electrons. The van der Waals surface area contributed by atoms with Crippen molar-refractivity contribution < 1.29 is 14.6 Å². The Balaban J connectivity index is 2.00. The number of nitrogens with two attached hydrogens (primary N) is 1. The molecule has 2 saturated heterocycles. The molecule has 3 N–H and O–H groups in total. The first-order valence-corrected chi connectivity index (χ1v) is 6.31. The van der Waals surface area contributed by atoms with E-state index in [0.29, 0.717) is 39.1 Å². The third-order valence-electron chi connectivity index (χ3n) is 3.83. The predicted molar refractivity (Wildman–Crippen MR) is 63.4 cm³/mol. The molecule has 2 fully saturated rings. The van der Waals surface area contributed by atoms with Crippen LogP contribution in [0, 0.1) is 0 Å². The Kier molecular flexibility index (Phi) is 3.43. The second-order valence-corrected chi connectivity index (χ2v) is 5.60. The first-order chi connectivity index (χ1) is 7.93. The first-order valence-electron chi connectivity index (χ1n) is 6.31. The number of hydrogen-bond donors (Lipinski definition) is 2. The van der Waals surface area contributed by atoms with Crippen LogP contribution < -0.4 is 5.73 Å². The summed E-state index contributed by atoms with van der Waals surface area (Å²) in [6.45, 7) is 3.99. The molecule has 0 saturated carbocycles. The highest BCUT2D eigenvalue weighted by Gasteiger charge is 2.41. The summed E-state index contributed by atoms with van der Waals surface area (Å²) in [4.78, 5) is 14.1. The molecule has 0 radical (unpaired) electrons. The monoisotopic (exact) mass is 242 g/mol. The summed E-state index contributed by atoms with van der Waals surface area (Å²) in [6, 6.07) is 0. The molecule has 2 rings (SSSR count). The van der Waals surface area contributed by atoms with Gasteiger partial charge in [-0.1, -0.05) is 0 Å². The van der Waals surface area contributed by atoms with Crippen LogP contribution in [0.1, 0.15) is 32.6 Å². The van der Waals surface area contributed by atoms with E-state index < -0.39 is 11.1 Å². The molecule has 1 amide bonds. The van der Waals surface area contributed by atoms with E-state index in [-0.39, 0.29) is 5.91 Å². The molecule has 5 heteroatoms. The molecule has 2 aliphatic heterocycles. The minimum absolute atomic E-state index is 0.0206. The Morgan fingerprint density at radius 3 is 2.76 bits per heavy atom. The Morgan fingerprint density at radius 2 is 2.12 bits per heavy atom. The summed E-state index contributed by atoms with van der Waals surface area (Å²) >= 11 is 0. The maximum Gasteiger partial charge on any atom is 0.245 e. The number of carbonyl (C=O) groups is 1. The lowest BCUT2D eigenvalue weighted by molar-refractivity contribution is -0.137. The standard InChI is InChI=1S/C12H22N2O3/c1-11(16)3-2-6-14(7-4-11)10(15)12(13)5-8-17-9-12/h16H,2-9,13H2,1H3. The summed E-state index contributed by atoms with van der Waals surface area (Å²) in [6.07, 6.45) is 2.79. The van der Waals surface area contributed by atoms with Crippen LogP contribution >= 0.6 is 0 Å². The fourth-order valence-corrected chi connectivity index (χ4v) is 2.53. The summed E-state index contributed by atoms with van der Waals surface area (Å²) in [7, 11) is 0. The van der Waals surface area contributed by atoms with Gasteiger partial charge in [-0.25, -0.2) is 0 Å². The Hall–Kier alpha value is -0.650. The minimum atomic E-state index is -0.837. The highest BCUT2D eigenvalue weighted by atomic mass is 16.5. The third kappa shape index (κ3) is 2.78. The van der Waals surface area contributed by atoms with Gasteiger partial charge in [0.15, 0.2) is 0 Å². The lowest BCUT2D eigenvalue weighted by atomic mass is 9.97. The molecule has 17 heavy (non-hydrogen) atoms. The molecule has 0 bridgehead atoms. The van der Waals surface area contributed by atoms with E-state index in [4.69, 9.17) is 10.5 Å². The van der Waals surface area contributed by atoms with E-state index in [1.54, 1.807) is 4.90 Å². The van der Waals surface area contributed by atoms with Crippen molar-refractivity contribution in [1.29, 1.82) is 0 Å². The zero-order chi connectivity index (χ0) is 12.5. The van der Waals surface area contributed by atoms with Crippen LogP contribution in [0.25, 0.3) is 0 Å². The summed E-state index contributed by atoms with van der Waals surface area (Å²) in [5, 5.41) is 9.99. The van der Waals surface area contributed by atoms with Crippen LogP contribution in [-0.4, -0.2) is 53.4 Å². The van der Waals surface area contributed by atoms with Crippen molar-refractivity contribution in [1.82, 2.24) is 4.90 Å². The van der Waals surface area contributed by atoms with Gasteiger partial charge in [0.05, 0.1) is 12.2 Å². The SMILES string of the molecule is CC1(O)CCCN(C(=O)C2(N)CCOC2)CC1. The number of ether oxygens (including phenoxy) is 1. The number of amides is 1. The Labute approximate surface area is 102 Å². The topological polar surface area (TPSA) is 75.8 Å². The molecule has 0 aromatic heterocycles. The Bertz CT molecular complexity index is 298. The molecule has 2 heterocycles. The van der Waals surface area contributed by atoms with Crippen molar-refractivity contribution in [3.05, 3.63) is 0 Å². The molecular formula is C12H22N2O3. The smallest absolute Gasteiger partial charge is 0.245 e. The van der Waals surface area contributed by atoms with E-state index in [1.165, 1.54) is 0 Å². The number of likely N-dealkylation sites (tertiary alicyclic amines) is 1. The maximum atomic E-state index is 12.3. The van der Waals surface area contributed by atoms with Crippen molar-refractivity contribution in [3.8, 4) is 0 Å². The highest BCUT2D eigenvalue weighted by Crippen LogP contribution is 2.25. The minimum Gasteiger partial charge on any atom is -0.390 e. The summed E-state index contributed by atoms with van der Waals surface area (Å²) < 4.78 is 5.22. The first kappa shape index (κ1) is 12.8. The lowest BCUT2D eigenvalue weighted by Gasteiger charge is -2.30. The molecule has 0 spiro atoms. The molecule has 0 aromatic carbocycles. The Morgan fingerprint density at radius 1 is 1.35 bits per heavy atom. The number of hydrogen-bond acceptors (Lipinski definition) is 4. The molecule has 0 aliphatic carbocycles. The normalized spacial score (nSPS) is 39.1. The second-order valence-electron chi connectivity index (χ2n) is 5.60. The van der Waals surface area contributed by atoms with Crippen LogP contribution in [0.15, 0.2) is 0 Å². The summed E-state index contributed by atoms with van der Waals surface area (Å²) in [5.41, 5.74) is 4.59. The zero-order valence-corrected chi connectivity index (χ0v) is 10.4. The average molecular weight is 242 g/mol. The number of rotatable bonds is 1. The van der Waals surface area contributed by atoms with Gasteiger partial charge in [-0.15, -0.1) is 0 Å². The van der Waals surface area contributed by atoms with Gasteiger partial charge in [0.1, 0.15) is 5.54 Å². The lowest BCUT2D eigenvalue weighted by Crippen LogP contribution is -2.56. The van der Waals surface area contributed by atoms with Gasteiger partial charge in [-0.3, -0.25) is 4.79 Å². The molecule has 0 aromatic rings. The predicted octanol–water partition coefficient (Wildman–Crippen LogP) is -0.132. The fourth-order valence-electron chi connectivity index (χ4n) is 2.53. The van der Waals surface area contributed by atoms with Crippen molar-refractivity contribution in [2.75, 3.05) is 26.3 Å². The van der Waals surface area contributed by atoms with E-state index in [2.05, 4.69) is 0 Å².